The molecule has 0 unspecified atom stereocenters. The van der Waals surface area contributed by atoms with Crippen molar-refractivity contribution in [2.24, 2.45) is 0 Å². The van der Waals surface area contributed by atoms with Gasteiger partial charge in [0, 0.05) is 41.5 Å². The Bertz CT molecular complexity index is 1150. The third-order valence-electron chi connectivity index (χ3n) is 6.38. The zero-order valence-electron chi connectivity index (χ0n) is 17.1. The summed E-state index contributed by atoms with van der Waals surface area (Å²) in [6, 6.07) is 12.8. The van der Waals surface area contributed by atoms with Gasteiger partial charge in [-0.1, -0.05) is 19.9 Å². The summed E-state index contributed by atoms with van der Waals surface area (Å²) in [5.41, 5.74) is 6.88. The minimum absolute atomic E-state index is 0.154. The first kappa shape index (κ1) is 18.6. The van der Waals surface area contributed by atoms with E-state index in [0.29, 0.717) is 5.56 Å². The standard InChI is InChI=1S/C24H25N3OS/c1-24(2)19-13-21(28-3)22(29-27-8-4-5-9-27)12-16(19)11-18-17-7-6-15(14-25)10-20(17)26-23(18)24/h6-7,10,12-13,26H,4-5,8-9,11H2,1-3H3. The largest absolute Gasteiger partial charge is 0.496 e. The van der Waals surface area contributed by atoms with Crippen molar-refractivity contribution in [2.45, 2.75) is 43.4 Å². The molecule has 2 aliphatic rings. The quantitative estimate of drug-likeness (QED) is 0.597. The maximum Gasteiger partial charge on any atom is 0.134 e. The van der Waals surface area contributed by atoms with Gasteiger partial charge in [-0.3, -0.25) is 0 Å². The molecular weight excluding hydrogens is 378 g/mol. The maximum absolute atomic E-state index is 9.27. The molecule has 5 rings (SSSR count). The lowest BCUT2D eigenvalue weighted by atomic mass is 9.72. The second-order valence-corrected chi connectivity index (χ2v) is 9.68. The molecule has 1 aliphatic heterocycles. The molecule has 4 nitrogen and oxygen atoms in total. The number of hydrogen-bond donors (Lipinski definition) is 1. The average Bonchev–Trinajstić information content (AvgIpc) is 3.35. The maximum atomic E-state index is 9.27. The first-order chi connectivity index (χ1) is 14.0. The van der Waals surface area contributed by atoms with Crippen molar-refractivity contribution in [3.05, 3.63) is 58.3 Å². The summed E-state index contributed by atoms with van der Waals surface area (Å²) in [6.07, 6.45) is 3.45. The SMILES string of the molecule is COc1cc2c(cc1SN1CCCC1)Cc1c([nH]c3cc(C#N)ccc13)C2(C)C. The van der Waals surface area contributed by atoms with Crippen molar-refractivity contribution in [1.82, 2.24) is 9.29 Å². The number of fused-ring (bicyclic) bond motifs is 4. The fraction of sp³-hybridized carbons (Fsp3) is 0.375. The van der Waals surface area contributed by atoms with E-state index in [1.54, 1.807) is 7.11 Å². The Kier molecular flexibility index (Phi) is 4.38. The Balaban J connectivity index is 1.63. The van der Waals surface area contributed by atoms with Crippen LogP contribution in [0.1, 0.15) is 54.6 Å². The van der Waals surface area contributed by atoms with Crippen molar-refractivity contribution in [1.29, 1.82) is 5.26 Å². The van der Waals surface area contributed by atoms with Crippen LogP contribution in [0, 0.1) is 11.3 Å². The third-order valence-corrected chi connectivity index (χ3v) is 7.52. The molecule has 0 atom stereocenters. The Labute approximate surface area is 176 Å². The van der Waals surface area contributed by atoms with Crippen molar-refractivity contribution >= 4 is 22.9 Å². The molecule has 2 aromatic carbocycles. The highest BCUT2D eigenvalue weighted by atomic mass is 32.2. The van der Waals surface area contributed by atoms with Gasteiger partial charge in [0.2, 0.25) is 0 Å². The molecule has 1 aromatic heterocycles. The highest BCUT2D eigenvalue weighted by Gasteiger charge is 2.36. The molecule has 148 valence electrons. The Hall–Kier alpha value is -2.42. The lowest BCUT2D eigenvalue weighted by molar-refractivity contribution is 0.401. The van der Waals surface area contributed by atoms with Crippen LogP contribution < -0.4 is 4.74 Å². The zero-order chi connectivity index (χ0) is 20.2. The molecule has 3 aromatic rings. The molecule has 1 saturated heterocycles. The van der Waals surface area contributed by atoms with Crippen molar-refractivity contribution in [3.8, 4) is 11.8 Å². The number of methoxy groups -OCH3 is 1. The summed E-state index contributed by atoms with van der Waals surface area (Å²) in [4.78, 5) is 4.83. The zero-order valence-corrected chi connectivity index (χ0v) is 17.9. The summed E-state index contributed by atoms with van der Waals surface area (Å²) >= 11 is 1.83. The molecule has 0 amide bonds. The molecule has 2 heterocycles. The van der Waals surface area contributed by atoms with Crippen LogP contribution in [0.3, 0.4) is 0 Å². The van der Waals surface area contributed by atoms with Gasteiger partial charge in [0.1, 0.15) is 5.75 Å². The van der Waals surface area contributed by atoms with Gasteiger partial charge >= 0.3 is 0 Å². The van der Waals surface area contributed by atoms with Crippen molar-refractivity contribution in [2.75, 3.05) is 20.2 Å². The normalized spacial score (nSPS) is 17.7. The molecule has 29 heavy (non-hydrogen) atoms. The second kappa shape index (κ2) is 6.83. The van der Waals surface area contributed by atoms with Gasteiger partial charge in [-0.05, 0) is 65.7 Å². The Morgan fingerprint density at radius 2 is 1.97 bits per heavy atom. The van der Waals surface area contributed by atoms with Crippen LogP contribution in [0.25, 0.3) is 10.9 Å². The minimum Gasteiger partial charge on any atom is -0.496 e. The average molecular weight is 404 g/mol. The predicted molar refractivity (Wildman–Crippen MR) is 118 cm³/mol. The summed E-state index contributed by atoms with van der Waals surface area (Å²) in [6.45, 7) is 6.84. The van der Waals surface area contributed by atoms with Gasteiger partial charge < -0.3 is 9.72 Å². The van der Waals surface area contributed by atoms with E-state index in [1.807, 2.05) is 24.1 Å². The summed E-state index contributed by atoms with van der Waals surface area (Å²) in [5.74, 6) is 0.958. The first-order valence-corrected chi connectivity index (χ1v) is 11.0. The summed E-state index contributed by atoms with van der Waals surface area (Å²) in [5, 5.41) is 10.5. The van der Waals surface area contributed by atoms with Crippen molar-refractivity contribution in [3.63, 3.8) is 0 Å². The second-order valence-electron chi connectivity index (χ2n) is 8.54. The number of hydrogen-bond acceptors (Lipinski definition) is 4. The van der Waals surface area contributed by atoms with Gasteiger partial charge in [-0.25, -0.2) is 4.31 Å². The summed E-state index contributed by atoms with van der Waals surface area (Å²) in [7, 11) is 1.77. The fourth-order valence-corrected chi connectivity index (χ4v) is 5.99. The number of nitrogens with zero attached hydrogens (tertiary/aromatic N) is 2. The molecule has 5 heteroatoms. The van der Waals surface area contributed by atoms with E-state index in [9.17, 15) is 5.26 Å². The number of ether oxygens (including phenoxy) is 1. The molecule has 0 bridgehead atoms. The van der Waals surface area contributed by atoms with Gasteiger partial charge in [0.25, 0.3) is 0 Å². The fourth-order valence-electron chi connectivity index (χ4n) is 4.85. The van der Waals surface area contributed by atoms with Gasteiger partial charge in [0.05, 0.1) is 23.6 Å². The number of nitrogens with one attached hydrogen (secondary N) is 1. The third kappa shape index (κ3) is 2.94. The number of aromatic amines is 1. The molecule has 1 N–H and O–H groups in total. The van der Waals surface area contributed by atoms with Gasteiger partial charge in [0.15, 0.2) is 0 Å². The number of rotatable bonds is 3. The molecule has 1 aliphatic carbocycles. The predicted octanol–water partition coefficient (Wildman–Crippen LogP) is 5.38. The van der Waals surface area contributed by atoms with Gasteiger partial charge in [-0.15, -0.1) is 0 Å². The number of aromatic nitrogens is 1. The van der Waals surface area contributed by atoms with Crippen LogP contribution >= 0.6 is 11.9 Å². The lowest BCUT2D eigenvalue weighted by Gasteiger charge is -2.34. The molecule has 1 fully saturated rings. The van der Waals surface area contributed by atoms with Crippen LogP contribution in [-0.4, -0.2) is 29.5 Å². The van der Waals surface area contributed by atoms with Gasteiger partial charge in [-0.2, -0.15) is 5.26 Å². The van der Waals surface area contributed by atoms with E-state index in [2.05, 4.69) is 47.4 Å². The smallest absolute Gasteiger partial charge is 0.134 e. The van der Waals surface area contributed by atoms with Crippen LogP contribution in [0.15, 0.2) is 35.2 Å². The monoisotopic (exact) mass is 403 g/mol. The number of nitriles is 1. The van der Waals surface area contributed by atoms with E-state index in [-0.39, 0.29) is 5.41 Å². The van der Waals surface area contributed by atoms with E-state index < -0.39 is 0 Å². The first-order valence-electron chi connectivity index (χ1n) is 10.2. The van der Waals surface area contributed by atoms with E-state index >= 15 is 0 Å². The van der Waals surface area contributed by atoms with Crippen LogP contribution in [0.4, 0.5) is 0 Å². The number of benzene rings is 2. The van der Waals surface area contributed by atoms with Crippen LogP contribution in [0.2, 0.25) is 0 Å². The number of H-pyrrole nitrogens is 1. The summed E-state index contributed by atoms with van der Waals surface area (Å²) < 4.78 is 8.24. The van der Waals surface area contributed by atoms with Crippen LogP contribution in [0.5, 0.6) is 5.75 Å². The minimum atomic E-state index is -0.154. The molecule has 0 spiro atoms. The van der Waals surface area contributed by atoms with Crippen LogP contribution in [-0.2, 0) is 11.8 Å². The molecule has 0 saturated carbocycles. The highest BCUT2D eigenvalue weighted by molar-refractivity contribution is 7.97. The molecule has 0 radical (unpaired) electrons. The van der Waals surface area contributed by atoms with Crippen molar-refractivity contribution < 1.29 is 4.74 Å². The molecular formula is C24H25N3OS. The van der Waals surface area contributed by atoms with E-state index in [1.165, 1.54) is 45.5 Å². The topological polar surface area (TPSA) is 52.0 Å². The highest BCUT2D eigenvalue weighted by Crippen LogP contribution is 2.47. The Morgan fingerprint density at radius 1 is 1.17 bits per heavy atom. The lowest BCUT2D eigenvalue weighted by Crippen LogP contribution is -2.27. The Morgan fingerprint density at radius 3 is 2.69 bits per heavy atom. The van der Waals surface area contributed by atoms with E-state index in [0.717, 1.165) is 30.8 Å². The van der Waals surface area contributed by atoms with E-state index in [4.69, 9.17) is 4.74 Å².